The number of hydrogen-bond donors (Lipinski definition) is 0. The molecule has 4 nitrogen and oxygen atoms in total. The number of nitrogens with zero attached hydrogens (tertiary/aromatic N) is 2. The summed E-state index contributed by atoms with van der Waals surface area (Å²) < 4.78 is 5.15. The van der Waals surface area contributed by atoms with Crippen LogP contribution < -0.4 is 4.74 Å². The van der Waals surface area contributed by atoms with Crippen molar-refractivity contribution in [3.8, 4) is 5.75 Å². The molecule has 0 aromatic heterocycles. The molecule has 0 aliphatic heterocycles. The number of ether oxygens (including phenoxy) is 1. The Bertz CT molecular complexity index is 688. The van der Waals surface area contributed by atoms with Crippen LogP contribution >= 0.6 is 0 Å². The van der Waals surface area contributed by atoms with Crippen LogP contribution in [-0.2, 0) is 4.79 Å². The second-order valence-electron chi connectivity index (χ2n) is 4.63. The summed E-state index contributed by atoms with van der Waals surface area (Å²) in [7, 11) is 0. The van der Waals surface area contributed by atoms with Crippen LogP contribution in [0.1, 0.15) is 11.1 Å². The zero-order valence-corrected chi connectivity index (χ0v) is 12.0. The number of carbonyl (C=O) groups excluding carboxylic acids is 1. The van der Waals surface area contributed by atoms with E-state index in [0.717, 1.165) is 22.9 Å². The predicted octanol–water partition coefficient (Wildman–Crippen LogP) is 4.81. The molecule has 2 rings (SSSR count). The maximum atomic E-state index is 11.3. The third kappa shape index (κ3) is 4.11. The molecule has 0 heterocycles. The minimum atomic E-state index is -0.523. The van der Waals surface area contributed by atoms with E-state index in [1.54, 1.807) is 6.07 Å². The van der Waals surface area contributed by atoms with Gasteiger partial charge in [0.05, 0.1) is 5.69 Å². The van der Waals surface area contributed by atoms with Gasteiger partial charge in [0.2, 0.25) is 0 Å². The van der Waals surface area contributed by atoms with E-state index in [4.69, 9.17) is 4.74 Å². The van der Waals surface area contributed by atoms with E-state index in [2.05, 4.69) is 16.8 Å². The number of esters is 1. The minimum absolute atomic E-state index is 0.362. The van der Waals surface area contributed by atoms with Gasteiger partial charge in [0.15, 0.2) is 5.75 Å². The van der Waals surface area contributed by atoms with Gasteiger partial charge in [0, 0.05) is 6.08 Å². The molecule has 0 aliphatic rings. The third-order valence-electron chi connectivity index (χ3n) is 2.80. The second kappa shape index (κ2) is 6.61. The number of azo groups is 1. The fraction of sp³-hybridized carbons (Fsp3) is 0.118. The molecule has 0 saturated carbocycles. The molecule has 0 unspecified atom stereocenters. The minimum Gasteiger partial charge on any atom is -0.421 e. The van der Waals surface area contributed by atoms with Gasteiger partial charge in [-0.05, 0) is 43.7 Å². The molecule has 106 valence electrons. The van der Waals surface area contributed by atoms with E-state index < -0.39 is 5.97 Å². The lowest BCUT2D eigenvalue weighted by Gasteiger charge is -2.05. The van der Waals surface area contributed by atoms with Gasteiger partial charge in [-0.1, -0.05) is 30.3 Å². The maximum Gasteiger partial charge on any atom is 0.335 e. The first-order valence-corrected chi connectivity index (χ1v) is 6.52. The largest absolute Gasteiger partial charge is 0.421 e. The molecule has 0 aliphatic carbocycles. The first kappa shape index (κ1) is 14.7. The topological polar surface area (TPSA) is 51.0 Å². The van der Waals surface area contributed by atoms with Crippen molar-refractivity contribution in [1.29, 1.82) is 0 Å². The van der Waals surface area contributed by atoms with E-state index in [0.29, 0.717) is 11.4 Å². The molecule has 21 heavy (non-hydrogen) atoms. The summed E-state index contributed by atoms with van der Waals surface area (Å²) in [6.45, 7) is 7.32. The monoisotopic (exact) mass is 280 g/mol. The Kier molecular flexibility index (Phi) is 4.61. The van der Waals surface area contributed by atoms with Gasteiger partial charge in [-0.15, -0.1) is 5.11 Å². The van der Waals surface area contributed by atoms with Gasteiger partial charge in [-0.3, -0.25) is 0 Å². The van der Waals surface area contributed by atoms with E-state index >= 15 is 0 Å². The Morgan fingerprint density at radius 2 is 1.71 bits per heavy atom. The van der Waals surface area contributed by atoms with Gasteiger partial charge >= 0.3 is 5.97 Å². The Labute approximate surface area is 123 Å². The molecule has 2 aromatic rings. The molecular weight excluding hydrogens is 264 g/mol. The molecule has 0 bridgehead atoms. The van der Waals surface area contributed by atoms with Crippen molar-refractivity contribution in [2.24, 2.45) is 10.2 Å². The molecule has 0 spiro atoms. The van der Waals surface area contributed by atoms with Gasteiger partial charge in [0.1, 0.15) is 5.69 Å². The molecule has 4 heteroatoms. The highest BCUT2D eigenvalue weighted by Gasteiger charge is 2.07. The van der Waals surface area contributed by atoms with Crippen LogP contribution in [0.25, 0.3) is 0 Å². The SMILES string of the molecule is C=CC(=O)Oc1ccc(C)cc1N=Nc1ccc(C)cc1. The number of carbonyl (C=O) groups is 1. The van der Waals surface area contributed by atoms with Crippen LogP contribution in [0, 0.1) is 13.8 Å². The average molecular weight is 280 g/mol. The van der Waals surface area contributed by atoms with Crippen LogP contribution in [0.3, 0.4) is 0 Å². The van der Waals surface area contributed by atoms with Crippen molar-refractivity contribution in [2.45, 2.75) is 13.8 Å². The number of benzene rings is 2. The number of hydrogen-bond acceptors (Lipinski definition) is 4. The fourth-order valence-electron chi connectivity index (χ4n) is 1.66. The van der Waals surface area contributed by atoms with Crippen molar-refractivity contribution in [1.82, 2.24) is 0 Å². The lowest BCUT2D eigenvalue weighted by atomic mass is 10.2. The molecule has 0 radical (unpaired) electrons. The Morgan fingerprint density at radius 3 is 2.38 bits per heavy atom. The van der Waals surface area contributed by atoms with Gasteiger partial charge < -0.3 is 4.74 Å². The van der Waals surface area contributed by atoms with E-state index in [9.17, 15) is 4.79 Å². The summed E-state index contributed by atoms with van der Waals surface area (Å²) in [5.41, 5.74) is 3.41. The number of rotatable bonds is 4. The molecule has 0 saturated heterocycles. The smallest absolute Gasteiger partial charge is 0.335 e. The standard InChI is InChI=1S/C17H16N2O2/c1-4-17(20)21-16-10-7-13(3)11-15(16)19-18-14-8-5-12(2)6-9-14/h4-11H,1H2,2-3H3. The van der Waals surface area contributed by atoms with Gasteiger partial charge in [-0.2, -0.15) is 5.11 Å². The summed E-state index contributed by atoms with van der Waals surface area (Å²) in [5.74, 6) is -0.160. The third-order valence-corrected chi connectivity index (χ3v) is 2.80. The Morgan fingerprint density at radius 1 is 1.05 bits per heavy atom. The highest BCUT2D eigenvalue weighted by Crippen LogP contribution is 2.30. The first-order valence-electron chi connectivity index (χ1n) is 6.52. The highest BCUT2D eigenvalue weighted by atomic mass is 16.5. The van der Waals surface area contributed by atoms with E-state index in [-0.39, 0.29) is 0 Å². The molecular formula is C17H16N2O2. The zero-order chi connectivity index (χ0) is 15.2. The second-order valence-corrected chi connectivity index (χ2v) is 4.63. The fourth-order valence-corrected chi connectivity index (χ4v) is 1.66. The van der Waals surface area contributed by atoms with Crippen molar-refractivity contribution >= 4 is 17.3 Å². The van der Waals surface area contributed by atoms with Crippen LogP contribution in [0.2, 0.25) is 0 Å². The Hall–Kier alpha value is -2.75. The predicted molar refractivity (Wildman–Crippen MR) is 82.4 cm³/mol. The van der Waals surface area contributed by atoms with Crippen LogP contribution in [-0.4, -0.2) is 5.97 Å². The lowest BCUT2D eigenvalue weighted by molar-refractivity contribution is -0.128. The summed E-state index contributed by atoms with van der Waals surface area (Å²) in [6.07, 6.45) is 1.11. The summed E-state index contributed by atoms with van der Waals surface area (Å²) in [4.78, 5) is 11.3. The lowest BCUT2D eigenvalue weighted by Crippen LogP contribution is -2.03. The Balaban J connectivity index is 2.29. The van der Waals surface area contributed by atoms with Gasteiger partial charge in [0.25, 0.3) is 0 Å². The summed E-state index contributed by atoms with van der Waals surface area (Å²) in [6, 6.07) is 13.0. The van der Waals surface area contributed by atoms with E-state index in [1.165, 1.54) is 0 Å². The van der Waals surface area contributed by atoms with Crippen LogP contribution in [0.15, 0.2) is 65.3 Å². The maximum absolute atomic E-state index is 11.3. The summed E-state index contributed by atoms with van der Waals surface area (Å²) >= 11 is 0. The molecule has 0 amide bonds. The van der Waals surface area contributed by atoms with Crippen LogP contribution in [0.5, 0.6) is 5.75 Å². The molecule has 0 N–H and O–H groups in total. The quantitative estimate of drug-likeness (QED) is 0.349. The van der Waals surface area contributed by atoms with Crippen LogP contribution in [0.4, 0.5) is 11.4 Å². The number of aryl methyl sites for hydroxylation is 2. The van der Waals surface area contributed by atoms with E-state index in [1.807, 2.05) is 50.2 Å². The average Bonchev–Trinajstić information content (AvgIpc) is 2.49. The van der Waals surface area contributed by atoms with Crippen molar-refractivity contribution < 1.29 is 9.53 Å². The summed E-state index contributed by atoms with van der Waals surface area (Å²) in [5, 5.41) is 8.33. The van der Waals surface area contributed by atoms with Crippen molar-refractivity contribution in [2.75, 3.05) is 0 Å². The molecule has 0 atom stereocenters. The first-order chi connectivity index (χ1) is 10.1. The molecule has 0 fully saturated rings. The zero-order valence-electron chi connectivity index (χ0n) is 12.0. The van der Waals surface area contributed by atoms with Crippen molar-refractivity contribution in [3.05, 3.63) is 66.2 Å². The molecule has 2 aromatic carbocycles. The normalized spacial score (nSPS) is 10.6. The highest BCUT2D eigenvalue weighted by molar-refractivity contribution is 5.84. The van der Waals surface area contributed by atoms with Crippen molar-refractivity contribution in [3.63, 3.8) is 0 Å². The van der Waals surface area contributed by atoms with Gasteiger partial charge in [-0.25, -0.2) is 4.79 Å².